The molecule has 2 atom stereocenters. The molecule has 1 aliphatic heterocycles. The maximum Gasteiger partial charge on any atom is 0.0804 e. The van der Waals surface area contributed by atoms with Crippen LogP contribution in [0.25, 0.3) is 0 Å². The van der Waals surface area contributed by atoms with Gasteiger partial charge in [-0.15, -0.1) is 0 Å². The molecule has 0 bridgehead atoms. The lowest BCUT2D eigenvalue weighted by atomic mass is 10.0. The Labute approximate surface area is 85.0 Å². The molecule has 14 heavy (non-hydrogen) atoms. The molecule has 1 aromatic carbocycles. The number of hydrogen-bond acceptors (Lipinski definition) is 2. The van der Waals surface area contributed by atoms with E-state index in [1.807, 2.05) is 30.3 Å². The molecule has 2 heteroatoms. The van der Waals surface area contributed by atoms with Gasteiger partial charge in [-0.25, -0.2) is 0 Å². The highest BCUT2D eigenvalue weighted by Crippen LogP contribution is 2.21. The first kappa shape index (κ1) is 9.69. The van der Waals surface area contributed by atoms with E-state index in [0.717, 1.165) is 18.5 Å². The summed E-state index contributed by atoms with van der Waals surface area (Å²) in [7, 11) is 0. The summed E-state index contributed by atoms with van der Waals surface area (Å²) in [6.07, 6.45) is 2.96. The molecule has 0 saturated carbocycles. The lowest BCUT2D eigenvalue weighted by Crippen LogP contribution is -2.23. The Bertz CT molecular complexity index is 267. The summed E-state index contributed by atoms with van der Waals surface area (Å²) in [4.78, 5) is 0. The first-order chi connectivity index (χ1) is 6.86. The Hall–Kier alpha value is -0.860. The van der Waals surface area contributed by atoms with E-state index in [9.17, 15) is 5.11 Å². The topological polar surface area (TPSA) is 32.3 Å². The van der Waals surface area contributed by atoms with Crippen LogP contribution in [0.3, 0.4) is 0 Å². The third kappa shape index (κ3) is 2.34. The highest BCUT2D eigenvalue weighted by molar-refractivity contribution is 5.17. The lowest BCUT2D eigenvalue weighted by Gasteiger charge is -2.15. The van der Waals surface area contributed by atoms with Gasteiger partial charge in [0.25, 0.3) is 0 Å². The fraction of sp³-hybridized carbons (Fsp3) is 0.500. The molecule has 1 fully saturated rings. The smallest absolute Gasteiger partial charge is 0.0804 e. The van der Waals surface area contributed by atoms with E-state index in [1.165, 1.54) is 12.8 Å². The summed E-state index contributed by atoms with van der Waals surface area (Å²) in [6, 6.07) is 10.4. The first-order valence-corrected chi connectivity index (χ1v) is 5.32. The SMILES string of the molecule is O[C@H](C[C@@H]1CCCN1)c1ccccc1. The molecule has 2 rings (SSSR count). The monoisotopic (exact) mass is 191 g/mol. The molecule has 0 spiro atoms. The fourth-order valence-corrected chi connectivity index (χ4v) is 2.04. The average Bonchev–Trinajstić information content (AvgIpc) is 2.72. The molecule has 1 saturated heterocycles. The van der Waals surface area contributed by atoms with Crippen molar-refractivity contribution in [2.75, 3.05) is 6.54 Å². The van der Waals surface area contributed by atoms with Crippen LogP contribution in [0.15, 0.2) is 30.3 Å². The summed E-state index contributed by atoms with van der Waals surface area (Å²) in [5.74, 6) is 0. The molecule has 76 valence electrons. The van der Waals surface area contributed by atoms with Crippen molar-refractivity contribution in [2.45, 2.75) is 31.4 Å². The fourth-order valence-electron chi connectivity index (χ4n) is 2.04. The van der Waals surface area contributed by atoms with Gasteiger partial charge >= 0.3 is 0 Å². The van der Waals surface area contributed by atoms with Gasteiger partial charge in [-0.3, -0.25) is 0 Å². The van der Waals surface area contributed by atoms with E-state index in [4.69, 9.17) is 0 Å². The third-order valence-electron chi connectivity index (χ3n) is 2.85. The minimum absolute atomic E-state index is 0.313. The quantitative estimate of drug-likeness (QED) is 0.764. The summed E-state index contributed by atoms with van der Waals surface area (Å²) >= 11 is 0. The zero-order valence-corrected chi connectivity index (χ0v) is 8.32. The van der Waals surface area contributed by atoms with Crippen LogP contribution in [-0.4, -0.2) is 17.7 Å². The van der Waals surface area contributed by atoms with E-state index in [2.05, 4.69) is 5.32 Å². The predicted molar refractivity (Wildman–Crippen MR) is 57.0 cm³/mol. The maximum atomic E-state index is 9.94. The van der Waals surface area contributed by atoms with Crippen LogP contribution in [-0.2, 0) is 0 Å². The summed E-state index contributed by atoms with van der Waals surface area (Å²) in [5, 5.41) is 13.3. The van der Waals surface area contributed by atoms with E-state index in [1.54, 1.807) is 0 Å². The zero-order valence-electron chi connectivity index (χ0n) is 8.32. The highest BCUT2D eigenvalue weighted by Gasteiger charge is 2.18. The van der Waals surface area contributed by atoms with Crippen LogP contribution in [0.5, 0.6) is 0 Å². The van der Waals surface area contributed by atoms with Gasteiger partial charge in [-0.1, -0.05) is 30.3 Å². The Morgan fingerprint density at radius 3 is 2.79 bits per heavy atom. The molecular weight excluding hydrogens is 174 g/mol. The van der Waals surface area contributed by atoms with Crippen LogP contribution < -0.4 is 5.32 Å². The standard InChI is InChI=1S/C12H17NO/c14-12(9-11-7-4-8-13-11)10-5-2-1-3-6-10/h1-3,5-6,11-14H,4,7-9H2/t11-,12+/m0/s1. The number of benzene rings is 1. The lowest BCUT2D eigenvalue weighted by molar-refractivity contribution is 0.154. The van der Waals surface area contributed by atoms with Crippen molar-refractivity contribution in [3.05, 3.63) is 35.9 Å². The minimum Gasteiger partial charge on any atom is -0.388 e. The van der Waals surface area contributed by atoms with Gasteiger partial charge < -0.3 is 10.4 Å². The largest absolute Gasteiger partial charge is 0.388 e. The summed E-state index contributed by atoms with van der Waals surface area (Å²) < 4.78 is 0. The van der Waals surface area contributed by atoms with Gasteiger partial charge in [0.15, 0.2) is 0 Å². The summed E-state index contributed by atoms with van der Waals surface area (Å²) in [5.41, 5.74) is 1.03. The van der Waals surface area contributed by atoms with Gasteiger partial charge in [-0.05, 0) is 31.4 Å². The maximum absolute atomic E-state index is 9.94. The van der Waals surface area contributed by atoms with Gasteiger partial charge in [-0.2, -0.15) is 0 Å². The third-order valence-corrected chi connectivity index (χ3v) is 2.85. The van der Waals surface area contributed by atoms with Crippen LogP contribution >= 0.6 is 0 Å². The van der Waals surface area contributed by atoms with Crippen molar-refractivity contribution in [2.24, 2.45) is 0 Å². The minimum atomic E-state index is -0.313. The Morgan fingerprint density at radius 2 is 2.14 bits per heavy atom. The van der Waals surface area contributed by atoms with Gasteiger partial charge in [0.2, 0.25) is 0 Å². The normalized spacial score (nSPS) is 23.6. The molecule has 0 radical (unpaired) electrons. The molecule has 2 N–H and O–H groups in total. The van der Waals surface area contributed by atoms with Crippen molar-refractivity contribution in [3.63, 3.8) is 0 Å². The Balaban J connectivity index is 1.92. The van der Waals surface area contributed by atoms with Crippen molar-refractivity contribution in [1.82, 2.24) is 5.32 Å². The van der Waals surface area contributed by atoms with Gasteiger partial charge in [0.05, 0.1) is 6.10 Å². The highest BCUT2D eigenvalue weighted by atomic mass is 16.3. The van der Waals surface area contributed by atoms with Crippen molar-refractivity contribution in [1.29, 1.82) is 0 Å². The Kier molecular flexibility index (Phi) is 3.17. The van der Waals surface area contributed by atoms with E-state index >= 15 is 0 Å². The van der Waals surface area contributed by atoms with Crippen molar-refractivity contribution < 1.29 is 5.11 Å². The number of aliphatic hydroxyl groups is 1. The molecule has 1 aromatic rings. The van der Waals surface area contributed by atoms with Crippen LogP contribution in [0.2, 0.25) is 0 Å². The summed E-state index contributed by atoms with van der Waals surface area (Å²) in [6.45, 7) is 1.10. The Morgan fingerprint density at radius 1 is 1.36 bits per heavy atom. The van der Waals surface area contributed by atoms with Crippen LogP contribution in [0.4, 0.5) is 0 Å². The van der Waals surface area contributed by atoms with Crippen LogP contribution in [0, 0.1) is 0 Å². The van der Waals surface area contributed by atoms with E-state index < -0.39 is 0 Å². The molecular formula is C12H17NO. The number of aliphatic hydroxyl groups excluding tert-OH is 1. The number of rotatable bonds is 3. The van der Waals surface area contributed by atoms with Gasteiger partial charge in [0.1, 0.15) is 0 Å². The second kappa shape index (κ2) is 4.58. The van der Waals surface area contributed by atoms with Crippen molar-refractivity contribution >= 4 is 0 Å². The molecule has 1 heterocycles. The molecule has 1 aliphatic rings. The van der Waals surface area contributed by atoms with E-state index in [0.29, 0.717) is 6.04 Å². The molecule has 0 aliphatic carbocycles. The van der Waals surface area contributed by atoms with Crippen molar-refractivity contribution in [3.8, 4) is 0 Å². The second-order valence-corrected chi connectivity index (χ2v) is 3.96. The zero-order chi connectivity index (χ0) is 9.80. The molecule has 0 amide bonds. The number of hydrogen-bond donors (Lipinski definition) is 2. The predicted octanol–water partition coefficient (Wildman–Crippen LogP) is 1.86. The average molecular weight is 191 g/mol. The molecule has 0 aromatic heterocycles. The molecule has 2 nitrogen and oxygen atoms in total. The first-order valence-electron chi connectivity index (χ1n) is 5.32. The van der Waals surface area contributed by atoms with E-state index in [-0.39, 0.29) is 6.10 Å². The molecule has 0 unspecified atom stereocenters. The van der Waals surface area contributed by atoms with Gasteiger partial charge in [0, 0.05) is 6.04 Å². The second-order valence-electron chi connectivity index (χ2n) is 3.96. The number of nitrogens with one attached hydrogen (secondary N) is 1. The van der Waals surface area contributed by atoms with Crippen LogP contribution in [0.1, 0.15) is 30.9 Å².